The average Bonchev–Trinajstić information content (AvgIpc) is 3.25. The summed E-state index contributed by atoms with van der Waals surface area (Å²) in [6.45, 7) is 10.6. The predicted molar refractivity (Wildman–Crippen MR) is 130 cm³/mol. The summed E-state index contributed by atoms with van der Waals surface area (Å²) in [5.74, 6) is 0.377. The van der Waals surface area contributed by atoms with Crippen LogP contribution in [0.1, 0.15) is 59.1 Å². The molecule has 2 saturated carbocycles. The molecule has 0 radical (unpaired) electrons. The minimum atomic E-state index is -1.34. The van der Waals surface area contributed by atoms with E-state index in [2.05, 4.69) is 36.4 Å². The lowest BCUT2D eigenvalue weighted by molar-refractivity contribution is -0.145. The van der Waals surface area contributed by atoms with Crippen molar-refractivity contribution < 1.29 is 19.5 Å². The molecule has 0 spiro atoms. The van der Waals surface area contributed by atoms with Crippen LogP contribution in [0, 0.1) is 40.9 Å². The molecule has 4 fully saturated rings. The number of hydrogen-bond donors (Lipinski definition) is 3. The first kappa shape index (κ1) is 24.2. The van der Waals surface area contributed by atoms with Crippen LogP contribution in [-0.2, 0) is 14.4 Å². The SMILES string of the molecule is C[C@H](NC(=O)C(O)[C@H]1NC(=O)[C@@H]2[C@H]3C4C(CC41)C[C@H]3CN2C(=O)[C@@H](C)C(C)(C)C)c1ccncc1. The van der Waals surface area contributed by atoms with Gasteiger partial charge in [0.15, 0.2) is 6.10 Å². The summed E-state index contributed by atoms with van der Waals surface area (Å²) in [4.78, 5) is 45.9. The van der Waals surface area contributed by atoms with Crippen molar-refractivity contribution in [2.45, 2.75) is 71.7 Å². The molecule has 8 nitrogen and oxygen atoms in total. The molecule has 4 aliphatic rings. The van der Waals surface area contributed by atoms with Gasteiger partial charge in [-0.2, -0.15) is 0 Å². The Balaban J connectivity index is 1.35. The Bertz CT molecular complexity index is 1010. The van der Waals surface area contributed by atoms with E-state index >= 15 is 0 Å². The van der Waals surface area contributed by atoms with Gasteiger partial charge in [-0.1, -0.05) is 27.7 Å². The summed E-state index contributed by atoms with van der Waals surface area (Å²) in [6, 6.07) is 2.20. The highest BCUT2D eigenvalue weighted by Crippen LogP contribution is 2.62. The second-order valence-corrected chi connectivity index (χ2v) is 12.3. The summed E-state index contributed by atoms with van der Waals surface area (Å²) in [5, 5.41) is 17.0. The molecule has 1 aromatic rings. The molecule has 3 amide bonds. The molecule has 10 atom stereocenters. The summed E-state index contributed by atoms with van der Waals surface area (Å²) >= 11 is 0. The van der Waals surface area contributed by atoms with Gasteiger partial charge in [-0.25, -0.2) is 0 Å². The Hall–Kier alpha value is -2.48. The number of carbonyl (C=O) groups is 3. The summed E-state index contributed by atoms with van der Waals surface area (Å²) < 4.78 is 0. The van der Waals surface area contributed by atoms with Crippen molar-refractivity contribution in [2.24, 2.45) is 40.9 Å². The highest BCUT2D eigenvalue weighted by molar-refractivity contribution is 5.91. The molecular weight excluding hydrogens is 444 g/mol. The molecule has 2 aliphatic heterocycles. The van der Waals surface area contributed by atoms with Crippen molar-refractivity contribution in [2.75, 3.05) is 6.54 Å². The quantitative estimate of drug-likeness (QED) is 0.594. The van der Waals surface area contributed by atoms with E-state index in [0.29, 0.717) is 18.4 Å². The number of pyridine rings is 1. The molecule has 0 bridgehead atoms. The summed E-state index contributed by atoms with van der Waals surface area (Å²) in [6.07, 6.45) is 3.92. The lowest BCUT2D eigenvalue weighted by Crippen LogP contribution is -2.58. The Morgan fingerprint density at radius 2 is 1.83 bits per heavy atom. The van der Waals surface area contributed by atoms with Crippen molar-refractivity contribution in [1.29, 1.82) is 0 Å². The molecule has 3 heterocycles. The van der Waals surface area contributed by atoms with Gasteiger partial charge in [-0.15, -0.1) is 0 Å². The van der Waals surface area contributed by atoms with Crippen LogP contribution in [0.3, 0.4) is 0 Å². The molecule has 2 saturated heterocycles. The number of likely N-dealkylation sites (tertiary alicyclic amines) is 1. The van der Waals surface area contributed by atoms with E-state index in [1.165, 1.54) is 0 Å². The fourth-order valence-electron chi connectivity index (χ4n) is 7.19. The monoisotopic (exact) mass is 482 g/mol. The Morgan fingerprint density at radius 1 is 1.14 bits per heavy atom. The second kappa shape index (κ2) is 8.57. The van der Waals surface area contributed by atoms with E-state index in [1.54, 1.807) is 12.4 Å². The standard InChI is InChI=1S/C27H38N4O4/c1-13(27(3,4)5)26(35)31-12-17-10-16-11-18-19(16)20(17)22(31)24(33)30-21(18)23(32)25(34)29-14(2)15-6-8-28-9-7-15/h6-9,13-14,16-23,32H,10-12H2,1-5H3,(H,29,34)(H,30,33)/t13-,14+,16?,17+,18?,19?,20-,21+,22+,23?/m1/s1. The second-order valence-electron chi connectivity index (χ2n) is 12.3. The van der Waals surface area contributed by atoms with Crippen molar-refractivity contribution in [1.82, 2.24) is 20.5 Å². The number of amides is 3. The topological polar surface area (TPSA) is 112 Å². The van der Waals surface area contributed by atoms with Gasteiger partial charge in [-0.05, 0) is 72.5 Å². The molecule has 2 aliphatic carbocycles. The maximum atomic E-state index is 13.6. The molecule has 1 aromatic heterocycles. The molecule has 3 N–H and O–H groups in total. The van der Waals surface area contributed by atoms with Crippen molar-refractivity contribution in [3.63, 3.8) is 0 Å². The molecule has 4 unspecified atom stereocenters. The van der Waals surface area contributed by atoms with E-state index in [1.807, 2.05) is 30.9 Å². The van der Waals surface area contributed by atoms with Gasteiger partial charge in [-0.3, -0.25) is 19.4 Å². The van der Waals surface area contributed by atoms with Crippen LogP contribution in [0.25, 0.3) is 0 Å². The number of rotatable bonds is 5. The highest BCUT2D eigenvalue weighted by Gasteiger charge is 2.66. The zero-order chi connectivity index (χ0) is 25.2. The number of aliphatic hydroxyl groups excluding tert-OH is 1. The minimum Gasteiger partial charge on any atom is -0.381 e. The molecule has 8 heteroatoms. The Morgan fingerprint density at radius 3 is 2.49 bits per heavy atom. The Labute approximate surface area is 207 Å². The van der Waals surface area contributed by atoms with Crippen LogP contribution in [0.2, 0.25) is 0 Å². The fourth-order valence-corrected chi connectivity index (χ4v) is 7.19. The lowest BCUT2D eigenvalue weighted by atomic mass is 9.60. The van der Waals surface area contributed by atoms with Crippen molar-refractivity contribution in [3.05, 3.63) is 30.1 Å². The third-order valence-electron chi connectivity index (χ3n) is 9.50. The van der Waals surface area contributed by atoms with Crippen LogP contribution < -0.4 is 10.6 Å². The maximum absolute atomic E-state index is 13.6. The van der Waals surface area contributed by atoms with Crippen LogP contribution in [-0.4, -0.2) is 57.4 Å². The maximum Gasteiger partial charge on any atom is 0.251 e. The van der Waals surface area contributed by atoms with E-state index in [9.17, 15) is 19.5 Å². The average molecular weight is 483 g/mol. The number of nitrogens with one attached hydrogen (secondary N) is 2. The number of aromatic nitrogens is 1. The van der Waals surface area contributed by atoms with Crippen molar-refractivity contribution in [3.8, 4) is 0 Å². The van der Waals surface area contributed by atoms with Gasteiger partial charge < -0.3 is 20.6 Å². The number of carbonyl (C=O) groups excluding carboxylic acids is 3. The lowest BCUT2D eigenvalue weighted by Gasteiger charge is -2.47. The van der Waals surface area contributed by atoms with Crippen LogP contribution in [0.15, 0.2) is 24.5 Å². The van der Waals surface area contributed by atoms with Crippen molar-refractivity contribution >= 4 is 17.7 Å². The van der Waals surface area contributed by atoms with Gasteiger partial charge in [0.2, 0.25) is 11.8 Å². The minimum absolute atomic E-state index is 0.0300. The van der Waals surface area contributed by atoms with E-state index < -0.39 is 24.1 Å². The third-order valence-corrected chi connectivity index (χ3v) is 9.50. The van der Waals surface area contributed by atoms with Gasteiger partial charge in [0, 0.05) is 24.9 Å². The van der Waals surface area contributed by atoms with Crippen LogP contribution >= 0.6 is 0 Å². The molecular formula is C27H38N4O4. The van der Waals surface area contributed by atoms with Gasteiger partial charge in [0.1, 0.15) is 6.04 Å². The number of nitrogens with zero attached hydrogens (tertiary/aromatic N) is 2. The van der Waals surface area contributed by atoms with Gasteiger partial charge in [0.05, 0.1) is 12.1 Å². The zero-order valence-electron chi connectivity index (χ0n) is 21.3. The first-order valence-electron chi connectivity index (χ1n) is 13.0. The Kier molecular flexibility index (Phi) is 5.93. The fraction of sp³-hybridized carbons (Fsp3) is 0.704. The predicted octanol–water partition coefficient (Wildman–Crippen LogP) is 1.90. The largest absolute Gasteiger partial charge is 0.381 e. The third kappa shape index (κ3) is 3.94. The normalized spacial score (nSPS) is 35.8. The molecule has 5 rings (SSSR count). The number of aliphatic hydroxyl groups is 1. The van der Waals surface area contributed by atoms with Gasteiger partial charge in [0.25, 0.3) is 5.91 Å². The van der Waals surface area contributed by atoms with Crippen LogP contribution in [0.4, 0.5) is 0 Å². The first-order valence-corrected chi connectivity index (χ1v) is 13.0. The summed E-state index contributed by atoms with van der Waals surface area (Å²) in [5.41, 5.74) is 0.698. The molecule has 0 aromatic carbocycles. The van der Waals surface area contributed by atoms with E-state index in [0.717, 1.165) is 18.4 Å². The smallest absolute Gasteiger partial charge is 0.251 e. The zero-order valence-corrected chi connectivity index (χ0v) is 21.3. The summed E-state index contributed by atoms with van der Waals surface area (Å²) in [7, 11) is 0. The van der Waals surface area contributed by atoms with Crippen LogP contribution in [0.5, 0.6) is 0 Å². The van der Waals surface area contributed by atoms with E-state index in [-0.39, 0.29) is 46.9 Å². The van der Waals surface area contributed by atoms with E-state index in [4.69, 9.17) is 0 Å². The highest BCUT2D eigenvalue weighted by atomic mass is 16.3. The number of hydrogen-bond acceptors (Lipinski definition) is 5. The molecule has 190 valence electrons. The first-order chi connectivity index (χ1) is 16.5. The van der Waals surface area contributed by atoms with Gasteiger partial charge >= 0.3 is 0 Å². The molecule has 35 heavy (non-hydrogen) atoms.